The van der Waals surface area contributed by atoms with Gasteiger partial charge in [-0.25, -0.2) is 4.98 Å². The SMILES string of the molecule is CCc1nn2c(-c3cc4cccc(O)c4o3)cnc2s1. The fourth-order valence-electron chi connectivity index (χ4n) is 2.22. The van der Waals surface area contributed by atoms with Crippen molar-refractivity contribution in [3.05, 3.63) is 35.5 Å². The number of aryl methyl sites for hydroxylation is 1. The first-order chi connectivity index (χ1) is 9.76. The molecular formula is C14H11N3O2S. The van der Waals surface area contributed by atoms with Gasteiger partial charge in [0.25, 0.3) is 0 Å². The Morgan fingerprint density at radius 3 is 3.10 bits per heavy atom. The molecule has 100 valence electrons. The van der Waals surface area contributed by atoms with Crippen LogP contribution in [-0.2, 0) is 6.42 Å². The zero-order valence-electron chi connectivity index (χ0n) is 10.7. The molecule has 20 heavy (non-hydrogen) atoms. The topological polar surface area (TPSA) is 63.6 Å². The second kappa shape index (κ2) is 4.08. The van der Waals surface area contributed by atoms with Crippen molar-refractivity contribution in [2.24, 2.45) is 0 Å². The zero-order chi connectivity index (χ0) is 13.7. The molecule has 4 aromatic rings. The van der Waals surface area contributed by atoms with Crippen molar-refractivity contribution >= 4 is 27.3 Å². The Bertz CT molecular complexity index is 919. The maximum absolute atomic E-state index is 9.81. The number of benzene rings is 1. The number of rotatable bonds is 2. The molecule has 0 saturated heterocycles. The molecule has 6 heteroatoms. The molecule has 0 aliphatic carbocycles. The molecule has 0 amide bonds. The van der Waals surface area contributed by atoms with Crippen molar-refractivity contribution in [3.8, 4) is 17.2 Å². The summed E-state index contributed by atoms with van der Waals surface area (Å²) in [6.07, 6.45) is 2.63. The second-order valence-electron chi connectivity index (χ2n) is 4.49. The standard InChI is InChI=1S/C14H11N3O2S/c1-2-12-16-17-9(7-15-14(17)20-12)11-6-8-4-3-5-10(18)13(8)19-11/h3-7,18H,2H2,1H3. The van der Waals surface area contributed by atoms with Gasteiger partial charge in [0.15, 0.2) is 17.1 Å². The minimum Gasteiger partial charge on any atom is -0.504 e. The van der Waals surface area contributed by atoms with Crippen LogP contribution in [0.2, 0.25) is 0 Å². The predicted octanol–water partition coefficient (Wildman–Crippen LogP) is 3.47. The number of hydrogen-bond acceptors (Lipinski definition) is 5. The summed E-state index contributed by atoms with van der Waals surface area (Å²) in [7, 11) is 0. The van der Waals surface area contributed by atoms with Crippen LogP contribution in [0, 0.1) is 0 Å². The van der Waals surface area contributed by atoms with Gasteiger partial charge in [0, 0.05) is 5.39 Å². The first kappa shape index (κ1) is 11.5. The van der Waals surface area contributed by atoms with E-state index in [2.05, 4.69) is 17.0 Å². The summed E-state index contributed by atoms with van der Waals surface area (Å²) in [5, 5.41) is 16.2. The molecule has 3 heterocycles. The van der Waals surface area contributed by atoms with E-state index in [4.69, 9.17) is 4.42 Å². The summed E-state index contributed by atoms with van der Waals surface area (Å²) in [4.78, 5) is 5.20. The number of hydrogen-bond donors (Lipinski definition) is 1. The van der Waals surface area contributed by atoms with Gasteiger partial charge in [0.05, 0.1) is 6.20 Å². The van der Waals surface area contributed by atoms with Crippen LogP contribution in [0.15, 0.2) is 34.9 Å². The molecule has 0 bridgehead atoms. The maximum atomic E-state index is 9.81. The number of imidazole rings is 1. The summed E-state index contributed by atoms with van der Waals surface area (Å²) >= 11 is 1.57. The van der Waals surface area contributed by atoms with Gasteiger partial charge in [-0.2, -0.15) is 9.61 Å². The van der Waals surface area contributed by atoms with Crippen molar-refractivity contribution in [3.63, 3.8) is 0 Å². The minimum atomic E-state index is 0.141. The molecule has 0 fully saturated rings. The highest BCUT2D eigenvalue weighted by molar-refractivity contribution is 7.16. The highest BCUT2D eigenvalue weighted by Crippen LogP contribution is 2.33. The summed E-state index contributed by atoms with van der Waals surface area (Å²) in [6.45, 7) is 2.07. The lowest BCUT2D eigenvalue weighted by Crippen LogP contribution is -1.88. The average Bonchev–Trinajstić information content (AvgIpc) is 3.10. The summed E-state index contributed by atoms with van der Waals surface area (Å²) in [5.41, 5.74) is 1.29. The van der Waals surface area contributed by atoms with Crippen LogP contribution in [0.4, 0.5) is 0 Å². The molecule has 0 saturated carbocycles. The largest absolute Gasteiger partial charge is 0.504 e. The monoisotopic (exact) mass is 285 g/mol. The highest BCUT2D eigenvalue weighted by atomic mass is 32.1. The number of aromatic hydroxyl groups is 1. The van der Waals surface area contributed by atoms with Crippen LogP contribution in [0.1, 0.15) is 11.9 Å². The Morgan fingerprint density at radius 1 is 1.40 bits per heavy atom. The molecule has 0 aliphatic heterocycles. The van der Waals surface area contributed by atoms with E-state index >= 15 is 0 Å². The third-order valence-corrected chi connectivity index (χ3v) is 4.27. The normalized spacial score (nSPS) is 11.7. The third-order valence-electron chi connectivity index (χ3n) is 3.21. The van der Waals surface area contributed by atoms with Crippen molar-refractivity contribution < 1.29 is 9.52 Å². The zero-order valence-corrected chi connectivity index (χ0v) is 11.5. The van der Waals surface area contributed by atoms with E-state index in [9.17, 15) is 5.11 Å². The molecule has 1 aromatic carbocycles. The first-order valence-corrected chi connectivity index (χ1v) is 7.13. The van der Waals surface area contributed by atoms with Crippen LogP contribution in [-0.4, -0.2) is 19.7 Å². The van der Waals surface area contributed by atoms with Crippen molar-refractivity contribution in [1.82, 2.24) is 14.6 Å². The van der Waals surface area contributed by atoms with Gasteiger partial charge in [0.2, 0.25) is 4.96 Å². The fraction of sp³-hybridized carbons (Fsp3) is 0.143. The quantitative estimate of drug-likeness (QED) is 0.612. The number of fused-ring (bicyclic) bond motifs is 2. The molecule has 0 aliphatic rings. The number of phenolic OH excluding ortho intramolecular Hbond substituents is 1. The highest BCUT2D eigenvalue weighted by Gasteiger charge is 2.15. The molecule has 3 aromatic heterocycles. The molecule has 1 N–H and O–H groups in total. The van der Waals surface area contributed by atoms with Crippen LogP contribution in [0.5, 0.6) is 5.75 Å². The van der Waals surface area contributed by atoms with E-state index in [0.29, 0.717) is 11.3 Å². The lowest BCUT2D eigenvalue weighted by Gasteiger charge is -1.93. The van der Waals surface area contributed by atoms with Crippen molar-refractivity contribution in [1.29, 1.82) is 0 Å². The molecule has 4 rings (SSSR count). The smallest absolute Gasteiger partial charge is 0.212 e. The van der Waals surface area contributed by atoms with Crippen molar-refractivity contribution in [2.75, 3.05) is 0 Å². The summed E-state index contributed by atoms with van der Waals surface area (Å²) < 4.78 is 7.54. The van der Waals surface area contributed by atoms with E-state index in [1.165, 1.54) is 0 Å². The van der Waals surface area contributed by atoms with E-state index < -0.39 is 0 Å². The van der Waals surface area contributed by atoms with Gasteiger partial charge in [0.1, 0.15) is 10.7 Å². The van der Waals surface area contributed by atoms with Gasteiger partial charge >= 0.3 is 0 Å². The van der Waals surface area contributed by atoms with E-state index in [1.807, 2.05) is 12.1 Å². The van der Waals surface area contributed by atoms with Crippen LogP contribution in [0.3, 0.4) is 0 Å². The van der Waals surface area contributed by atoms with Gasteiger partial charge in [-0.05, 0) is 18.6 Å². The van der Waals surface area contributed by atoms with Gasteiger partial charge in [-0.3, -0.25) is 0 Å². The lowest BCUT2D eigenvalue weighted by molar-refractivity contribution is 0.466. The molecule has 0 radical (unpaired) electrons. The average molecular weight is 285 g/mol. The summed E-state index contributed by atoms with van der Waals surface area (Å²) in [6, 6.07) is 7.20. The van der Waals surface area contributed by atoms with E-state index in [1.54, 1.807) is 34.2 Å². The Kier molecular flexibility index (Phi) is 2.34. The third kappa shape index (κ3) is 1.55. The molecule has 0 atom stereocenters. The van der Waals surface area contributed by atoms with Crippen LogP contribution in [0.25, 0.3) is 27.4 Å². The van der Waals surface area contributed by atoms with Gasteiger partial charge in [-0.1, -0.05) is 30.4 Å². The van der Waals surface area contributed by atoms with Crippen molar-refractivity contribution in [2.45, 2.75) is 13.3 Å². The Labute approximate surface area is 118 Å². The number of furan rings is 1. The second-order valence-corrected chi connectivity index (χ2v) is 5.53. The maximum Gasteiger partial charge on any atom is 0.212 e. The Hall–Kier alpha value is -2.34. The molecule has 0 unspecified atom stereocenters. The lowest BCUT2D eigenvalue weighted by atomic mass is 10.2. The number of nitrogens with zero attached hydrogens (tertiary/aromatic N) is 3. The minimum absolute atomic E-state index is 0.141. The molecule has 5 nitrogen and oxygen atoms in total. The van der Waals surface area contributed by atoms with Crippen LogP contribution < -0.4 is 0 Å². The predicted molar refractivity (Wildman–Crippen MR) is 77.1 cm³/mol. The number of phenols is 1. The summed E-state index contributed by atoms with van der Waals surface area (Å²) in [5.74, 6) is 0.795. The first-order valence-electron chi connectivity index (χ1n) is 6.31. The van der Waals surface area contributed by atoms with Crippen LogP contribution >= 0.6 is 11.3 Å². The fourth-order valence-corrected chi connectivity index (χ4v) is 3.03. The number of para-hydroxylation sites is 1. The molecule has 0 spiro atoms. The Balaban J connectivity index is 1.96. The Morgan fingerprint density at radius 2 is 2.30 bits per heavy atom. The van der Waals surface area contributed by atoms with Gasteiger partial charge in [-0.15, -0.1) is 0 Å². The number of aromatic nitrogens is 3. The van der Waals surface area contributed by atoms with E-state index in [-0.39, 0.29) is 5.75 Å². The van der Waals surface area contributed by atoms with E-state index in [0.717, 1.165) is 27.5 Å². The van der Waals surface area contributed by atoms with Gasteiger partial charge < -0.3 is 9.52 Å². The molecular weight excluding hydrogens is 274 g/mol.